The van der Waals surface area contributed by atoms with Gasteiger partial charge in [-0.2, -0.15) is 5.10 Å². The molecule has 0 aromatic carbocycles. The SMILES string of the molecule is Cc1nc(-c2[nH]ncc2-c2ccc3ncc(N4CCC(N5CCN(C)CC5)CC4)cc3n2)ccc1F. The van der Waals surface area contributed by atoms with Crippen molar-refractivity contribution in [1.82, 2.24) is 34.9 Å². The number of H-pyrrole nitrogens is 1. The zero-order valence-electron chi connectivity index (χ0n) is 20.8. The first-order valence-corrected chi connectivity index (χ1v) is 12.7. The molecule has 0 atom stereocenters. The van der Waals surface area contributed by atoms with Gasteiger partial charge in [0.05, 0.1) is 51.9 Å². The summed E-state index contributed by atoms with van der Waals surface area (Å²) < 4.78 is 13.7. The summed E-state index contributed by atoms with van der Waals surface area (Å²) in [7, 11) is 2.21. The van der Waals surface area contributed by atoms with E-state index >= 15 is 0 Å². The van der Waals surface area contributed by atoms with E-state index in [0.29, 0.717) is 17.4 Å². The smallest absolute Gasteiger partial charge is 0.144 e. The van der Waals surface area contributed by atoms with Crippen molar-refractivity contribution >= 4 is 16.7 Å². The van der Waals surface area contributed by atoms with E-state index in [1.807, 2.05) is 18.3 Å². The number of aromatic amines is 1. The van der Waals surface area contributed by atoms with Gasteiger partial charge in [-0.25, -0.2) is 14.4 Å². The Balaban J connectivity index is 1.22. The van der Waals surface area contributed by atoms with Crippen molar-refractivity contribution in [3.8, 4) is 22.6 Å². The van der Waals surface area contributed by atoms with Gasteiger partial charge in [-0.15, -0.1) is 0 Å². The summed E-state index contributed by atoms with van der Waals surface area (Å²) in [5.41, 5.74) is 6.14. The summed E-state index contributed by atoms with van der Waals surface area (Å²) in [4.78, 5) is 21.5. The third-order valence-corrected chi connectivity index (χ3v) is 7.60. The van der Waals surface area contributed by atoms with Crippen LogP contribution >= 0.6 is 0 Å². The predicted molar refractivity (Wildman–Crippen MR) is 139 cm³/mol. The summed E-state index contributed by atoms with van der Waals surface area (Å²) in [6, 6.07) is 9.84. The van der Waals surface area contributed by atoms with Crippen LogP contribution in [0.4, 0.5) is 10.1 Å². The second-order valence-corrected chi connectivity index (χ2v) is 9.91. The number of likely N-dealkylation sites (N-methyl/N-ethyl adjacent to an activating group) is 1. The molecule has 186 valence electrons. The first-order valence-electron chi connectivity index (χ1n) is 12.7. The maximum absolute atomic E-state index is 13.7. The molecule has 36 heavy (non-hydrogen) atoms. The highest BCUT2D eigenvalue weighted by Crippen LogP contribution is 2.31. The lowest BCUT2D eigenvalue weighted by Gasteiger charge is -2.42. The molecule has 2 aliphatic heterocycles. The molecule has 2 saturated heterocycles. The minimum Gasteiger partial charge on any atom is -0.370 e. The number of aromatic nitrogens is 5. The molecule has 2 aliphatic rings. The second kappa shape index (κ2) is 9.55. The first kappa shape index (κ1) is 23.0. The number of piperidine rings is 1. The monoisotopic (exact) mass is 486 g/mol. The average molecular weight is 487 g/mol. The summed E-state index contributed by atoms with van der Waals surface area (Å²) in [6.07, 6.45) is 6.06. The number of fused-ring (bicyclic) bond motifs is 1. The molecular weight excluding hydrogens is 455 g/mol. The number of nitrogens with one attached hydrogen (secondary N) is 1. The maximum Gasteiger partial charge on any atom is 0.144 e. The van der Waals surface area contributed by atoms with Gasteiger partial charge in [0.25, 0.3) is 0 Å². The molecule has 0 radical (unpaired) electrons. The van der Waals surface area contributed by atoms with Gasteiger partial charge in [-0.1, -0.05) is 0 Å². The number of halogens is 1. The molecule has 1 N–H and O–H groups in total. The van der Waals surface area contributed by atoms with Crippen molar-refractivity contribution in [2.24, 2.45) is 0 Å². The highest BCUT2D eigenvalue weighted by molar-refractivity contribution is 5.84. The molecular formula is C27H31FN8. The molecule has 6 heterocycles. The highest BCUT2D eigenvalue weighted by atomic mass is 19.1. The Morgan fingerprint density at radius 3 is 2.44 bits per heavy atom. The van der Waals surface area contributed by atoms with Crippen LogP contribution < -0.4 is 4.90 Å². The first-order chi connectivity index (χ1) is 17.5. The van der Waals surface area contributed by atoms with Crippen LogP contribution in [0.25, 0.3) is 33.7 Å². The third-order valence-electron chi connectivity index (χ3n) is 7.60. The van der Waals surface area contributed by atoms with Crippen molar-refractivity contribution in [1.29, 1.82) is 0 Å². The van der Waals surface area contributed by atoms with Gasteiger partial charge in [0, 0.05) is 50.9 Å². The number of anilines is 1. The van der Waals surface area contributed by atoms with Crippen LogP contribution in [0.5, 0.6) is 0 Å². The quantitative estimate of drug-likeness (QED) is 0.471. The van der Waals surface area contributed by atoms with Crippen molar-refractivity contribution in [2.75, 3.05) is 51.2 Å². The lowest BCUT2D eigenvalue weighted by atomic mass is 10.0. The van der Waals surface area contributed by atoms with Crippen molar-refractivity contribution in [2.45, 2.75) is 25.8 Å². The summed E-state index contributed by atoms with van der Waals surface area (Å²) in [5.74, 6) is -0.324. The van der Waals surface area contributed by atoms with Gasteiger partial charge in [0.1, 0.15) is 5.82 Å². The molecule has 9 heteroatoms. The van der Waals surface area contributed by atoms with Crippen LogP contribution in [0.3, 0.4) is 0 Å². The lowest BCUT2D eigenvalue weighted by molar-refractivity contribution is 0.0982. The van der Waals surface area contributed by atoms with Gasteiger partial charge in [0.2, 0.25) is 0 Å². The zero-order valence-corrected chi connectivity index (χ0v) is 20.8. The van der Waals surface area contributed by atoms with E-state index in [4.69, 9.17) is 9.97 Å². The maximum atomic E-state index is 13.7. The van der Waals surface area contributed by atoms with Crippen LogP contribution in [0, 0.1) is 12.7 Å². The van der Waals surface area contributed by atoms with Crippen LogP contribution in [0.2, 0.25) is 0 Å². The Morgan fingerprint density at radius 1 is 0.889 bits per heavy atom. The Morgan fingerprint density at radius 2 is 1.67 bits per heavy atom. The Hall–Kier alpha value is -3.43. The molecule has 2 fully saturated rings. The van der Waals surface area contributed by atoms with E-state index in [1.165, 1.54) is 32.0 Å². The number of hydrogen-bond donors (Lipinski definition) is 1. The molecule has 0 aliphatic carbocycles. The number of aryl methyl sites for hydroxylation is 1. The Bertz CT molecular complexity index is 1370. The standard InChI is InChI=1S/C27H31FN8/c1-18-22(28)3-4-25(31-18)27-21(17-30-33-27)23-5-6-24-26(32-23)15-20(16-29-24)35-9-7-19(8-10-35)36-13-11-34(2)12-14-36/h3-6,15-17,19H,7-14H2,1-2H3,(H,30,33). The molecule has 8 nitrogen and oxygen atoms in total. The Labute approximate surface area is 210 Å². The fraction of sp³-hybridized carbons (Fsp3) is 0.407. The second-order valence-electron chi connectivity index (χ2n) is 9.91. The van der Waals surface area contributed by atoms with Crippen molar-refractivity contribution in [3.63, 3.8) is 0 Å². The fourth-order valence-corrected chi connectivity index (χ4v) is 5.35. The normalized spacial score (nSPS) is 18.2. The molecule has 6 rings (SSSR count). The van der Waals surface area contributed by atoms with Crippen molar-refractivity contribution in [3.05, 3.63) is 54.2 Å². The third kappa shape index (κ3) is 4.44. The van der Waals surface area contributed by atoms with Crippen LogP contribution in [-0.4, -0.2) is 87.3 Å². The molecule has 0 spiro atoms. The zero-order chi connectivity index (χ0) is 24.6. The minimum absolute atomic E-state index is 0.324. The van der Waals surface area contributed by atoms with E-state index in [2.05, 4.69) is 43.0 Å². The molecule has 0 saturated carbocycles. The van der Waals surface area contributed by atoms with E-state index in [1.54, 1.807) is 19.2 Å². The number of rotatable bonds is 4. The van der Waals surface area contributed by atoms with E-state index in [9.17, 15) is 4.39 Å². The number of nitrogens with zero attached hydrogens (tertiary/aromatic N) is 7. The van der Waals surface area contributed by atoms with Crippen LogP contribution in [-0.2, 0) is 0 Å². The predicted octanol–water partition coefficient (Wildman–Crippen LogP) is 3.75. The molecule has 0 bridgehead atoms. The number of pyridine rings is 3. The highest BCUT2D eigenvalue weighted by Gasteiger charge is 2.27. The summed E-state index contributed by atoms with van der Waals surface area (Å²) >= 11 is 0. The van der Waals surface area contributed by atoms with Gasteiger partial charge < -0.3 is 9.80 Å². The topological polar surface area (TPSA) is 77.1 Å². The minimum atomic E-state index is -0.324. The summed E-state index contributed by atoms with van der Waals surface area (Å²) in [6.45, 7) is 8.40. The fourth-order valence-electron chi connectivity index (χ4n) is 5.35. The lowest BCUT2D eigenvalue weighted by Crippen LogP contribution is -2.52. The largest absolute Gasteiger partial charge is 0.370 e. The van der Waals surface area contributed by atoms with Gasteiger partial charge >= 0.3 is 0 Å². The van der Waals surface area contributed by atoms with E-state index in [0.717, 1.165) is 59.9 Å². The molecule has 0 unspecified atom stereocenters. The van der Waals surface area contributed by atoms with Gasteiger partial charge in [-0.05, 0) is 57.1 Å². The average Bonchev–Trinajstić information content (AvgIpc) is 3.40. The van der Waals surface area contributed by atoms with Crippen LogP contribution in [0.15, 0.2) is 42.7 Å². The molecule has 4 aromatic heterocycles. The molecule has 4 aromatic rings. The molecule has 0 amide bonds. The van der Waals surface area contributed by atoms with Crippen molar-refractivity contribution < 1.29 is 4.39 Å². The van der Waals surface area contributed by atoms with Gasteiger partial charge in [-0.3, -0.25) is 15.0 Å². The number of hydrogen-bond acceptors (Lipinski definition) is 7. The van der Waals surface area contributed by atoms with E-state index < -0.39 is 0 Å². The van der Waals surface area contributed by atoms with E-state index in [-0.39, 0.29) is 5.82 Å². The van der Waals surface area contributed by atoms with Crippen LogP contribution in [0.1, 0.15) is 18.5 Å². The number of piperazine rings is 1. The Kier molecular flexibility index (Phi) is 6.10. The van der Waals surface area contributed by atoms with Gasteiger partial charge in [0.15, 0.2) is 0 Å². The summed E-state index contributed by atoms with van der Waals surface area (Å²) in [5, 5.41) is 7.22.